The first-order valence-electron chi connectivity index (χ1n) is 6.31. The molecule has 0 unspecified atom stereocenters. The van der Waals surface area contributed by atoms with Gasteiger partial charge in [-0.1, -0.05) is 0 Å². The van der Waals surface area contributed by atoms with Crippen LogP contribution in [-0.4, -0.2) is 49.0 Å². The molecule has 2 rings (SSSR count). The monoisotopic (exact) mass is 267 g/mol. The van der Waals surface area contributed by atoms with Crippen LogP contribution in [0.5, 0.6) is 11.5 Å². The standard InChI is InChI=1S/C14H21NO4/c1-8-9-5-12(18-3)13(19-4)6-10(9)14(17)11(7-16)15(8)2/h5-6,8,11,14,16-17H,7H2,1-4H3/t8-,11-,14+/m0/s1. The van der Waals surface area contributed by atoms with Gasteiger partial charge in [-0.3, -0.25) is 4.90 Å². The number of aliphatic hydroxyl groups is 2. The summed E-state index contributed by atoms with van der Waals surface area (Å²) in [6.45, 7) is 1.95. The molecule has 2 N–H and O–H groups in total. The fourth-order valence-electron chi connectivity index (χ4n) is 2.69. The SMILES string of the molecule is COc1cc2c(cc1OC)[C@H](C)N(C)[C@@H](CO)[C@@H]2O. The van der Waals surface area contributed by atoms with Crippen molar-refractivity contribution in [1.82, 2.24) is 4.90 Å². The van der Waals surface area contributed by atoms with Crippen molar-refractivity contribution in [2.45, 2.75) is 25.1 Å². The van der Waals surface area contributed by atoms with Crippen molar-refractivity contribution in [3.8, 4) is 11.5 Å². The highest BCUT2D eigenvalue weighted by Gasteiger charge is 2.36. The third-order valence-corrected chi connectivity index (χ3v) is 4.04. The molecular formula is C14H21NO4. The lowest BCUT2D eigenvalue weighted by Crippen LogP contribution is -2.45. The van der Waals surface area contributed by atoms with Crippen molar-refractivity contribution in [2.24, 2.45) is 0 Å². The number of aliphatic hydroxyl groups excluding tert-OH is 2. The van der Waals surface area contributed by atoms with Crippen LogP contribution in [0.2, 0.25) is 0 Å². The number of nitrogens with zero attached hydrogens (tertiary/aromatic N) is 1. The summed E-state index contributed by atoms with van der Waals surface area (Å²) >= 11 is 0. The van der Waals surface area contributed by atoms with Crippen molar-refractivity contribution in [3.63, 3.8) is 0 Å². The van der Waals surface area contributed by atoms with Crippen LogP contribution in [0.3, 0.4) is 0 Å². The number of fused-ring (bicyclic) bond motifs is 1. The van der Waals surface area contributed by atoms with E-state index in [1.165, 1.54) is 0 Å². The molecule has 3 atom stereocenters. The van der Waals surface area contributed by atoms with Crippen LogP contribution < -0.4 is 9.47 Å². The van der Waals surface area contributed by atoms with Gasteiger partial charge in [0.25, 0.3) is 0 Å². The summed E-state index contributed by atoms with van der Waals surface area (Å²) in [6, 6.07) is 3.48. The van der Waals surface area contributed by atoms with Crippen LogP contribution >= 0.6 is 0 Å². The van der Waals surface area contributed by atoms with E-state index in [0.717, 1.165) is 11.1 Å². The predicted molar refractivity (Wildman–Crippen MR) is 71.6 cm³/mol. The molecule has 1 aliphatic heterocycles. The molecule has 19 heavy (non-hydrogen) atoms. The van der Waals surface area contributed by atoms with Gasteiger partial charge < -0.3 is 19.7 Å². The zero-order valence-corrected chi connectivity index (χ0v) is 11.8. The molecule has 5 nitrogen and oxygen atoms in total. The van der Waals surface area contributed by atoms with Crippen LogP contribution in [-0.2, 0) is 0 Å². The molecule has 0 bridgehead atoms. The van der Waals surface area contributed by atoms with Gasteiger partial charge >= 0.3 is 0 Å². The van der Waals surface area contributed by atoms with Crippen LogP contribution in [0.1, 0.15) is 30.2 Å². The first-order chi connectivity index (χ1) is 9.04. The Morgan fingerprint density at radius 2 is 1.68 bits per heavy atom. The second-order valence-corrected chi connectivity index (χ2v) is 4.87. The van der Waals surface area contributed by atoms with Crippen molar-refractivity contribution in [3.05, 3.63) is 23.3 Å². The van der Waals surface area contributed by atoms with Crippen molar-refractivity contribution < 1.29 is 19.7 Å². The summed E-state index contributed by atoms with van der Waals surface area (Å²) in [6.07, 6.45) is -0.735. The van der Waals surface area contributed by atoms with E-state index in [0.29, 0.717) is 11.5 Å². The number of hydrogen-bond acceptors (Lipinski definition) is 5. The Hall–Kier alpha value is -1.30. The van der Waals surface area contributed by atoms with Gasteiger partial charge in [0.05, 0.1) is 33.0 Å². The zero-order chi connectivity index (χ0) is 14.2. The largest absolute Gasteiger partial charge is 0.493 e. The van der Waals surface area contributed by atoms with Crippen LogP contribution in [0, 0.1) is 0 Å². The van der Waals surface area contributed by atoms with E-state index in [-0.39, 0.29) is 18.7 Å². The highest BCUT2D eigenvalue weighted by Crippen LogP contribution is 2.42. The molecule has 1 aromatic carbocycles. The fourth-order valence-corrected chi connectivity index (χ4v) is 2.69. The maximum Gasteiger partial charge on any atom is 0.161 e. The molecule has 0 aromatic heterocycles. The third-order valence-electron chi connectivity index (χ3n) is 4.04. The Morgan fingerprint density at radius 3 is 2.16 bits per heavy atom. The first kappa shape index (κ1) is 14.1. The second kappa shape index (κ2) is 5.36. The molecule has 1 heterocycles. The summed E-state index contributed by atoms with van der Waals surface area (Å²) in [5.41, 5.74) is 1.79. The lowest BCUT2D eigenvalue weighted by atomic mass is 9.87. The molecule has 106 valence electrons. The number of ether oxygens (including phenoxy) is 2. The summed E-state index contributed by atoms with van der Waals surface area (Å²) in [5, 5.41) is 19.8. The number of benzene rings is 1. The van der Waals surface area contributed by atoms with E-state index in [9.17, 15) is 10.2 Å². The van der Waals surface area contributed by atoms with Crippen LogP contribution in [0.15, 0.2) is 12.1 Å². The second-order valence-electron chi connectivity index (χ2n) is 4.87. The predicted octanol–water partition coefficient (Wildman–Crippen LogP) is 1.10. The molecule has 1 aromatic rings. The van der Waals surface area contributed by atoms with E-state index >= 15 is 0 Å². The highest BCUT2D eigenvalue weighted by atomic mass is 16.5. The third kappa shape index (κ3) is 2.18. The lowest BCUT2D eigenvalue weighted by Gasteiger charge is -2.41. The fraction of sp³-hybridized carbons (Fsp3) is 0.571. The Balaban J connectivity index is 2.56. The lowest BCUT2D eigenvalue weighted by molar-refractivity contribution is -0.00485. The zero-order valence-electron chi connectivity index (χ0n) is 11.8. The Labute approximate surface area is 113 Å². The normalized spacial score (nSPS) is 26.9. The Morgan fingerprint density at radius 1 is 1.16 bits per heavy atom. The van der Waals surface area contributed by atoms with Gasteiger partial charge in [-0.05, 0) is 37.2 Å². The van der Waals surface area contributed by atoms with E-state index in [1.807, 2.05) is 24.9 Å². The topological polar surface area (TPSA) is 62.2 Å². The van der Waals surface area contributed by atoms with Crippen molar-refractivity contribution in [2.75, 3.05) is 27.9 Å². The van der Waals surface area contributed by atoms with Gasteiger partial charge in [0.15, 0.2) is 11.5 Å². The number of hydrogen-bond donors (Lipinski definition) is 2. The van der Waals surface area contributed by atoms with Gasteiger partial charge in [0, 0.05) is 6.04 Å². The summed E-state index contributed by atoms with van der Waals surface area (Å²) in [4.78, 5) is 1.97. The minimum atomic E-state index is -0.735. The number of rotatable bonds is 3. The van der Waals surface area contributed by atoms with E-state index in [2.05, 4.69) is 0 Å². The van der Waals surface area contributed by atoms with E-state index in [4.69, 9.17) is 9.47 Å². The molecule has 0 saturated heterocycles. The summed E-state index contributed by atoms with van der Waals surface area (Å²) in [7, 11) is 5.06. The minimum absolute atomic E-state index is 0.0875. The maximum atomic E-state index is 10.4. The van der Waals surface area contributed by atoms with Crippen LogP contribution in [0.4, 0.5) is 0 Å². The molecule has 0 fully saturated rings. The molecule has 0 saturated carbocycles. The summed E-state index contributed by atoms with van der Waals surface area (Å²) in [5.74, 6) is 1.24. The average molecular weight is 267 g/mol. The molecule has 0 amide bonds. The first-order valence-corrected chi connectivity index (χ1v) is 6.31. The maximum absolute atomic E-state index is 10.4. The smallest absolute Gasteiger partial charge is 0.161 e. The van der Waals surface area contributed by atoms with Crippen molar-refractivity contribution >= 4 is 0 Å². The van der Waals surface area contributed by atoms with Crippen LogP contribution in [0.25, 0.3) is 0 Å². The summed E-state index contributed by atoms with van der Waals surface area (Å²) < 4.78 is 10.6. The molecule has 0 aliphatic carbocycles. The molecule has 5 heteroatoms. The molecular weight excluding hydrogens is 246 g/mol. The van der Waals surface area contributed by atoms with Crippen molar-refractivity contribution in [1.29, 1.82) is 0 Å². The number of likely N-dealkylation sites (N-methyl/N-ethyl adjacent to an activating group) is 1. The average Bonchev–Trinajstić information content (AvgIpc) is 2.44. The minimum Gasteiger partial charge on any atom is -0.493 e. The molecule has 0 radical (unpaired) electrons. The van der Waals surface area contributed by atoms with E-state index in [1.54, 1.807) is 20.3 Å². The Kier molecular flexibility index (Phi) is 3.99. The van der Waals surface area contributed by atoms with Gasteiger partial charge in [-0.15, -0.1) is 0 Å². The Bertz CT molecular complexity index is 463. The molecule has 0 spiro atoms. The van der Waals surface area contributed by atoms with Gasteiger partial charge in [-0.2, -0.15) is 0 Å². The number of methoxy groups -OCH3 is 2. The van der Waals surface area contributed by atoms with Gasteiger partial charge in [-0.25, -0.2) is 0 Å². The van der Waals surface area contributed by atoms with E-state index < -0.39 is 6.10 Å². The van der Waals surface area contributed by atoms with Gasteiger partial charge in [0.1, 0.15) is 0 Å². The highest BCUT2D eigenvalue weighted by molar-refractivity contribution is 5.50. The van der Waals surface area contributed by atoms with Gasteiger partial charge in [0.2, 0.25) is 0 Å². The quantitative estimate of drug-likeness (QED) is 0.859. The molecule has 1 aliphatic rings.